The van der Waals surface area contributed by atoms with Gasteiger partial charge in [-0.25, -0.2) is 0 Å². The zero-order chi connectivity index (χ0) is 20.5. The first-order valence-electron chi connectivity index (χ1n) is 10.0. The molecular formula is C22H30N4O2. The maximum atomic E-state index is 12.6. The topological polar surface area (TPSA) is 85.2 Å². The van der Waals surface area contributed by atoms with Crippen molar-refractivity contribution in [2.24, 2.45) is 11.3 Å². The molecule has 6 nitrogen and oxygen atoms in total. The molecule has 150 valence electrons. The van der Waals surface area contributed by atoms with Crippen LogP contribution in [0, 0.1) is 22.7 Å². The Kier molecular flexibility index (Phi) is 5.49. The van der Waals surface area contributed by atoms with Crippen LogP contribution in [0.3, 0.4) is 0 Å². The van der Waals surface area contributed by atoms with E-state index in [9.17, 15) is 14.9 Å². The number of nitrogens with one attached hydrogen (secondary N) is 2. The summed E-state index contributed by atoms with van der Waals surface area (Å²) in [6.07, 6.45) is 2.56. The molecule has 0 aromatic heterocycles. The van der Waals surface area contributed by atoms with Gasteiger partial charge >= 0.3 is 0 Å². The molecule has 3 rings (SSSR count). The highest BCUT2D eigenvalue weighted by atomic mass is 16.2. The summed E-state index contributed by atoms with van der Waals surface area (Å²) < 4.78 is 0. The van der Waals surface area contributed by atoms with E-state index in [-0.39, 0.29) is 28.7 Å². The summed E-state index contributed by atoms with van der Waals surface area (Å²) >= 11 is 0. The van der Waals surface area contributed by atoms with Gasteiger partial charge in [0, 0.05) is 24.5 Å². The number of rotatable bonds is 5. The zero-order valence-corrected chi connectivity index (χ0v) is 17.3. The maximum Gasteiger partial charge on any atom is 0.234 e. The number of hydrogen-bond donors (Lipinski definition) is 2. The molecule has 0 radical (unpaired) electrons. The second-order valence-electron chi connectivity index (χ2n) is 9.38. The van der Waals surface area contributed by atoms with Crippen LogP contribution in [0.5, 0.6) is 0 Å². The lowest BCUT2D eigenvalue weighted by atomic mass is 9.57. The Bertz CT molecular complexity index is 805. The first-order chi connectivity index (χ1) is 13.1. The third-order valence-corrected chi connectivity index (χ3v) is 5.60. The minimum atomic E-state index is -0.211. The van der Waals surface area contributed by atoms with Crippen molar-refractivity contribution >= 4 is 17.5 Å². The van der Waals surface area contributed by atoms with Gasteiger partial charge in [-0.15, -0.1) is 0 Å². The highest BCUT2D eigenvalue weighted by Crippen LogP contribution is 2.52. The van der Waals surface area contributed by atoms with Crippen molar-refractivity contribution < 1.29 is 9.59 Å². The lowest BCUT2D eigenvalue weighted by molar-refractivity contribution is -0.144. The first-order valence-corrected chi connectivity index (χ1v) is 10.0. The van der Waals surface area contributed by atoms with Gasteiger partial charge in [-0.1, -0.05) is 13.0 Å². The van der Waals surface area contributed by atoms with E-state index < -0.39 is 0 Å². The summed E-state index contributed by atoms with van der Waals surface area (Å²) in [5.74, 6) is 0.0359. The van der Waals surface area contributed by atoms with Crippen molar-refractivity contribution in [3.63, 3.8) is 0 Å². The number of carbonyl (C=O) groups excluding carboxylic acids is 2. The molecule has 6 heteroatoms. The Morgan fingerprint density at radius 2 is 1.96 bits per heavy atom. The molecule has 1 saturated carbocycles. The molecule has 2 amide bonds. The van der Waals surface area contributed by atoms with Gasteiger partial charge < -0.3 is 10.6 Å². The van der Waals surface area contributed by atoms with Crippen LogP contribution in [0.15, 0.2) is 18.2 Å². The average molecular weight is 383 g/mol. The van der Waals surface area contributed by atoms with Crippen molar-refractivity contribution in [1.29, 1.82) is 5.26 Å². The van der Waals surface area contributed by atoms with Crippen LogP contribution in [0.1, 0.15) is 51.7 Å². The van der Waals surface area contributed by atoms with E-state index in [1.807, 2.05) is 45.9 Å². The van der Waals surface area contributed by atoms with Crippen molar-refractivity contribution in [2.45, 2.75) is 52.5 Å². The Labute approximate surface area is 167 Å². The number of nitriles is 1. The summed E-state index contributed by atoms with van der Waals surface area (Å²) in [6.45, 7) is 10.1. The predicted octanol–water partition coefficient (Wildman–Crippen LogP) is 2.69. The summed E-state index contributed by atoms with van der Waals surface area (Å²) in [5, 5.41) is 15.2. The van der Waals surface area contributed by atoms with E-state index in [2.05, 4.69) is 21.6 Å². The minimum absolute atomic E-state index is 0.00435. The van der Waals surface area contributed by atoms with Crippen LogP contribution in [-0.4, -0.2) is 41.9 Å². The molecule has 2 aliphatic rings. The first kappa shape index (κ1) is 20.3. The summed E-state index contributed by atoms with van der Waals surface area (Å²) in [5.41, 5.74) is 2.17. The largest absolute Gasteiger partial charge is 0.350 e. The van der Waals surface area contributed by atoms with E-state index in [1.54, 1.807) is 0 Å². The van der Waals surface area contributed by atoms with Crippen LogP contribution in [-0.2, 0) is 16.0 Å². The minimum Gasteiger partial charge on any atom is -0.350 e. The molecule has 0 bridgehead atoms. The van der Waals surface area contributed by atoms with Crippen molar-refractivity contribution in [3.8, 4) is 6.07 Å². The quantitative estimate of drug-likeness (QED) is 0.820. The van der Waals surface area contributed by atoms with Gasteiger partial charge in [-0.3, -0.25) is 14.5 Å². The highest BCUT2D eigenvalue weighted by molar-refractivity contribution is 5.94. The van der Waals surface area contributed by atoms with E-state index in [1.165, 1.54) is 0 Å². The van der Waals surface area contributed by atoms with E-state index in [4.69, 9.17) is 0 Å². The molecule has 1 aromatic rings. The molecular weight excluding hydrogens is 352 g/mol. The number of nitrogens with zero attached hydrogens (tertiary/aromatic N) is 2. The van der Waals surface area contributed by atoms with Gasteiger partial charge in [0.2, 0.25) is 11.8 Å². The number of carbonyl (C=O) groups is 2. The van der Waals surface area contributed by atoms with Crippen molar-refractivity contribution in [3.05, 3.63) is 29.3 Å². The molecule has 0 atom stereocenters. The molecule has 0 unspecified atom stereocenters. The Morgan fingerprint density at radius 1 is 1.29 bits per heavy atom. The van der Waals surface area contributed by atoms with E-state index in [0.717, 1.165) is 37.9 Å². The number of likely N-dealkylation sites (tertiary alicyclic amines) is 1. The monoisotopic (exact) mass is 382 g/mol. The standard InChI is InChI=1S/C22H30N4O2/c1-5-15-6-7-18(16(8-15)11-23)24-20(28)17-9-22(10-17)13-26(14-22)12-19(27)25-21(2,3)4/h6-8,17H,5,9-10,12-14H2,1-4H3,(H,24,28)(H,25,27). The summed E-state index contributed by atoms with van der Waals surface area (Å²) in [6, 6.07) is 7.78. The molecule has 1 spiro atoms. The van der Waals surface area contributed by atoms with Crippen LogP contribution in [0.25, 0.3) is 0 Å². The van der Waals surface area contributed by atoms with Crippen molar-refractivity contribution in [1.82, 2.24) is 10.2 Å². The predicted molar refractivity (Wildman–Crippen MR) is 109 cm³/mol. The normalized spacial score (nSPS) is 18.7. The molecule has 1 aliphatic carbocycles. The zero-order valence-electron chi connectivity index (χ0n) is 17.3. The molecule has 1 aliphatic heterocycles. The summed E-state index contributed by atoms with van der Waals surface area (Å²) in [7, 11) is 0. The van der Waals surface area contributed by atoms with Crippen LogP contribution < -0.4 is 10.6 Å². The third-order valence-electron chi connectivity index (χ3n) is 5.60. The van der Waals surface area contributed by atoms with Gasteiger partial charge in [0.15, 0.2) is 0 Å². The smallest absolute Gasteiger partial charge is 0.234 e. The lowest BCUT2D eigenvalue weighted by Crippen LogP contribution is -2.65. The van der Waals surface area contributed by atoms with Gasteiger partial charge in [-0.05, 0) is 63.1 Å². The molecule has 28 heavy (non-hydrogen) atoms. The number of benzene rings is 1. The Hall–Kier alpha value is -2.39. The van der Waals surface area contributed by atoms with Gasteiger partial charge in [0.1, 0.15) is 6.07 Å². The van der Waals surface area contributed by atoms with Gasteiger partial charge in [0.25, 0.3) is 0 Å². The Morgan fingerprint density at radius 3 is 2.54 bits per heavy atom. The molecule has 1 aromatic carbocycles. The molecule has 1 saturated heterocycles. The fourth-order valence-electron chi connectivity index (χ4n) is 4.35. The van der Waals surface area contributed by atoms with Crippen LogP contribution in [0.4, 0.5) is 5.69 Å². The third kappa shape index (κ3) is 4.53. The van der Waals surface area contributed by atoms with Crippen LogP contribution >= 0.6 is 0 Å². The second-order valence-corrected chi connectivity index (χ2v) is 9.38. The molecule has 2 N–H and O–H groups in total. The van der Waals surface area contributed by atoms with Gasteiger partial charge in [-0.2, -0.15) is 5.26 Å². The van der Waals surface area contributed by atoms with E-state index in [0.29, 0.717) is 17.8 Å². The fraction of sp³-hybridized carbons (Fsp3) is 0.591. The van der Waals surface area contributed by atoms with Gasteiger partial charge in [0.05, 0.1) is 17.8 Å². The molecule has 1 heterocycles. The number of anilines is 1. The van der Waals surface area contributed by atoms with E-state index >= 15 is 0 Å². The number of amides is 2. The van der Waals surface area contributed by atoms with Crippen molar-refractivity contribution in [2.75, 3.05) is 25.0 Å². The second kappa shape index (κ2) is 7.56. The Balaban J connectivity index is 1.46. The number of aryl methyl sites for hydroxylation is 1. The summed E-state index contributed by atoms with van der Waals surface area (Å²) in [4.78, 5) is 26.7. The average Bonchev–Trinajstić information content (AvgIpc) is 2.54. The lowest BCUT2D eigenvalue weighted by Gasteiger charge is -2.58. The number of hydrogen-bond acceptors (Lipinski definition) is 4. The highest BCUT2D eigenvalue weighted by Gasteiger charge is 2.54. The van der Waals surface area contributed by atoms with Crippen LogP contribution in [0.2, 0.25) is 0 Å². The molecule has 2 fully saturated rings. The maximum absolute atomic E-state index is 12.6. The fourth-order valence-corrected chi connectivity index (χ4v) is 4.35. The SMILES string of the molecule is CCc1ccc(NC(=O)C2CC3(C2)CN(CC(=O)NC(C)(C)C)C3)c(C#N)c1.